The largest absolute Gasteiger partial charge is 0.488 e. The molecule has 2 unspecified atom stereocenters. The molecule has 1 aliphatic carbocycles. The summed E-state index contributed by atoms with van der Waals surface area (Å²) in [7, 11) is 0. The summed E-state index contributed by atoms with van der Waals surface area (Å²) in [5, 5.41) is 3.90. The molecule has 1 fully saturated rings. The molecular weight excluding hydrogens is 402 g/mol. The van der Waals surface area contributed by atoms with Crippen molar-refractivity contribution in [1.82, 2.24) is 5.32 Å². The highest BCUT2D eigenvalue weighted by Crippen LogP contribution is 2.41. The molecular formula is C24H24ClNO4. The third-order valence-corrected chi connectivity index (χ3v) is 6.88. The summed E-state index contributed by atoms with van der Waals surface area (Å²) in [5.41, 5.74) is 4.66. The first-order valence-corrected chi connectivity index (χ1v) is 10.9. The van der Waals surface area contributed by atoms with E-state index in [9.17, 15) is 9.59 Å². The Morgan fingerprint density at radius 3 is 2.70 bits per heavy atom. The molecule has 5 rings (SSSR count). The molecule has 30 heavy (non-hydrogen) atoms. The number of carbonyl (C=O) groups is 2. The summed E-state index contributed by atoms with van der Waals surface area (Å²) < 4.78 is 11.5. The minimum absolute atomic E-state index is 0.117. The zero-order chi connectivity index (χ0) is 21.0. The summed E-state index contributed by atoms with van der Waals surface area (Å²) in [6.07, 6.45) is 1.23. The lowest BCUT2D eigenvalue weighted by Crippen LogP contribution is -2.40. The van der Waals surface area contributed by atoms with E-state index < -0.39 is 6.10 Å². The van der Waals surface area contributed by atoms with Gasteiger partial charge in [-0.2, -0.15) is 0 Å². The molecule has 2 aliphatic heterocycles. The molecule has 4 atom stereocenters. The number of fused-ring (bicyclic) bond motifs is 4. The lowest BCUT2D eigenvalue weighted by atomic mass is 9.83. The molecule has 1 saturated heterocycles. The van der Waals surface area contributed by atoms with Crippen LogP contribution < -0.4 is 10.1 Å². The predicted octanol–water partition coefficient (Wildman–Crippen LogP) is 4.33. The average Bonchev–Trinajstić information content (AvgIpc) is 3.07. The van der Waals surface area contributed by atoms with Gasteiger partial charge in [0, 0.05) is 22.2 Å². The number of hydrogen-bond acceptors (Lipinski definition) is 5. The van der Waals surface area contributed by atoms with Crippen molar-refractivity contribution in [1.29, 1.82) is 0 Å². The van der Waals surface area contributed by atoms with E-state index in [0.717, 1.165) is 34.4 Å². The summed E-state index contributed by atoms with van der Waals surface area (Å²) in [6.45, 7) is 4.57. The average molecular weight is 426 g/mol. The number of ketones is 1. The number of rotatable bonds is 2. The summed E-state index contributed by atoms with van der Waals surface area (Å²) in [5.74, 6) is 0.736. The highest BCUT2D eigenvalue weighted by atomic mass is 35.5. The molecule has 2 aromatic rings. The van der Waals surface area contributed by atoms with E-state index in [1.165, 1.54) is 0 Å². The summed E-state index contributed by atoms with van der Waals surface area (Å²) in [6, 6.07) is 9.55. The van der Waals surface area contributed by atoms with Crippen molar-refractivity contribution < 1.29 is 19.1 Å². The monoisotopic (exact) mass is 425 g/mol. The van der Waals surface area contributed by atoms with E-state index in [0.29, 0.717) is 36.0 Å². The Bertz CT molecular complexity index is 1040. The first-order valence-electron chi connectivity index (χ1n) is 10.5. The van der Waals surface area contributed by atoms with Crippen LogP contribution in [0.5, 0.6) is 5.75 Å². The first-order chi connectivity index (χ1) is 14.4. The molecule has 0 amide bonds. The van der Waals surface area contributed by atoms with E-state index in [1.807, 2.05) is 24.3 Å². The van der Waals surface area contributed by atoms with Gasteiger partial charge in [-0.25, -0.2) is 0 Å². The van der Waals surface area contributed by atoms with Crippen LogP contribution in [-0.4, -0.2) is 29.9 Å². The van der Waals surface area contributed by atoms with Gasteiger partial charge in [0.15, 0.2) is 6.10 Å². The lowest BCUT2D eigenvalue weighted by molar-refractivity contribution is -0.149. The van der Waals surface area contributed by atoms with Gasteiger partial charge in [-0.3, -0.25) is 9.59 Å². The molecule has 0 spiro atoms. The second-order valence-electron chi connectivity index (χ2n) is 8.65. The highest BCUT2D eigenvalue weighted by molar-refractivity contribution is 6.30. The van der Waals surface area contributed by atoms with Gasteiger partial charge in [0.25, 0.3) is 0 Å². The number of nitrogens with one attached hydrogen (secondary N) is 1. The minimum atomic E-state index is -0.716. The van der Waals surface area contributed by atoms with Gasteiger partial charge in [0.1, 0.15) is 18.4 Å². The summed E-state index contributed by atoms with van der Waals surface area (Å²) >= 11 is 6.09. The van der Waals surface area contributed by atoms with Crippen LogP contribution in [0.4, 0.5) is 0 Å². The van der Waals surface area contributed by atoms with E-state index in [4.69, 9.17) is 21.1 Å². The molecule has 5 nitrogen and oxygen atoms in total. The van der Waals surface area contributed by atoms with Gasteiger partial charge in [-0.05, 0) is 79.1 Å². The Hall–Kier alpha value is -2.37. The van der Waals surface area contributed by atoms with Crippen molar-refractivity contribution in [3.8, 4) is 16.9 Å². The Labute approximate surface area is 180 Å². The summed E-state index contributed by atoms with van der Waals surface area (Å²) in [4.78, 5) is 25.7. The molecule has 2 aromatic carbocycles. The second kappa shape index (κ2) is 7.40. The van der Waals surface area contributed by atoms with Crippen molar-refractivity contribution in [3.05, 3.63) is 52.0 Å². The maximum Gasteiger partial charge on any atom is 0.323 e. The van der Waals surface area contributed by atoms with Gasteiger partial charge in [0.2, 0.25) is 5.78 Å². The van der Waals surface area contributed by atoms with E-state index >= 15 is 0 Å². The molecule has 0 bridgehead atoms. The Morgan fingerprint density at radius 2 is 1.93 bits per heavy atom. The fourth-order valence-corrected chi connectivity index (χ4v) is 4.87. The smallest absolute Gasteiger partial charge is 0.323 e. The van der Waals surface area contributed by atoms with Crippen LogP contribution >= 0.6 is 11.6 Å². The SMILES string of the molecule is C[C@@H]1CC(C(=O)OC2CCc3cc4c(cc3C2=O)COc2cc(Cl)ccc2-4)N[C@@H]1C. The molecule has 0 radical (unpaired) electrons. The van der Waals surface area contributed by atoms with Crippen LogP contribution in [0.25, 0.3) is 11.1 Å². The number of Topliss-reactive ketones (excluding diaryl/α,β-unsaturated/α-hetero) is 1. The number of esters is 1. The van der Waals surface area contributed by atoms with Gasteiger partial charge < -0.3 is 14.8 Å². The van der Waals surface area contributed by atoms with Gasteiger partial charge in [-0.15, -0.1) is 0 Å². The number of halogens is 1. The third-order valence-electron chi connectivity index (χ3n) is 6.65. The Balaban J connectivity index is 1.38. The molecule has 1 N–H and O–H groups in total. The molecule has 3 aliphatic rings. The second-order valence-corrected chi connectivity index (χ2v) is 9.08. The number of aryl methyl sites for hydroxylation is 1. The number of carbonyl (C=O) groups excluding carboxylic acids is 2. The fourth-order valence-electron chi connectivity index (χ4n) is 4.71. The van der Waals surface area contributed by atoms with Gasteiger partial charge in [-0.1, -0.05) is 18.5 Å². The lowest BCUT2D eigenvalue weighted by Gasteiger charge is -2.28. The molecule has 0 saturated carbocycles. The van der Waals surface area contributed by atoms with Crippen LogP contribution in [0.2, 0.25) is 5.02 Å². The zero-order valence-electron chi connectivity index (χ0n) is 17.0. The van der Waals surface area contributed by atoms with E-state index in [2.05, 4.69) is 25.2 Å². The minimum Gasteiger partial charge on any atom is -0.488 e. The maximum absolute atomic E-state index is 13.1. The molecule has 156 valence electrons. The van der Waals surface area contributed by atoms with Gasteiger partial charge >= 0.3 is 5.97 Å². The number of ether oxygens (including phenoxy) is 2. The van der Waals surface area contributed by atoms with Crippen molar-refractivity contribution in [2.45, 2.75) is 57.9 Å². The van der Waals surface area contributed by atoms with Crippen LogP contribution in [0.15, 0.2) is 30.3 Å². The normalized spacial score (nSPS) is 27.0. The van der Waals surface area contributed by atoms with E-state index in [1.54, 1.807) is 0 Å². The van der Waals surface area contributed by atoms with E-state index in [-0.39, 0.29) is 23.8 Å². The maximum atomic E-state index is 13.1. The Kier molecular flexibility index (Phi) is 4.83. The zero-order valence-corrected chi connectivity index (χ0v) is 17.8. The Morgan fingerprint density at radius 1 is 1.13 bits per heavy atom. The third kappa shape index (κ3) is 3.30. The predicted molar refractivity (Wildman–Crippen MR) is 114 cm³/mol. The van der Waals surface area contributed by atoms with Gasteiger partial charge in [0.05, 0.1) is 0 Å². The highest BCUT2D eigenvalue weighted by Gasteiger charge is 2.37. The van der Waals surface area contributed by atoms with Crippen molar-refractivity contribution in [2.24, 2.45) is 5.92 Å². The van der Waals surface area contributed by atoms with Crippen LogP contribution in [-0.2, 0) is 22.6 Å². The van der Waals surface area contributed by atoms with Crippen molar-refractivity contribution in [2.75, 3.05) is 0 Å². The number of benzene rings is 2. The van der Waals surface area contributed by atoms with Crippen LogP contribution in [0, 0.1) is 5.92 Å². The molecule has 2 heterocycles. The van der Waals surface area contributed by atoms with Crippen molar-refractivity contribution >= 4 is 23.4 Å². The standard InChI is InChI=1S/C24H24ClNO4/c1-12-7-20(26-13(12)2)24(28)30-21-6-3-14-8-18-15(9-19(14)23(21)27)11-29-22-10-16(25)4-5-17(18)22/h4-5,8-10,12-13,20-21,26H,3,6-7,11H2,1-2H3/t12-,13-,20?,21?/m1/s1. The van der Waals surface area contributed by atoms with Crippen molar-refractivity contribution in [3.63, 3.8) is 0 Å². The quantitative estimate of drug-likeness (QED) is 0.725. The number of hydrogen-bond donors (Lipinski definition) is 1. The first kappa shape index (κ1) is 19.6. The fraction of sp³-hybridized carbons (Fsp3) is 0.417. The molecule has 0 aromatic heterocycles. The van der Waals surface area contributed by atoms with Crippen LogP contribution in [0.3, 0.4) is 0 Å². The van der Waals surface area contributed by atoms with Crippen LogP contribution in [0.1, 0.15) is 48.2 Å². The topological polar surface area (TPSA) is 64.6 Å². The molecule has 6 heteroatoms.